The summed E-state index contributed by atoms with van der Waals surface area (Å²) in [5.41, 5.74) is 5.48. The number of benzene rings is 1. The Balaban J connectivity index is 3.18. The molecule has 90 valence electrons. The fraction of sp³-hybridized carbons (Fsp3) is 0.455. The largest absolute Gasteiger partial charge is 0.497 e. The highest BCUT2D eigenvalue weighted by molar-refractivity contribution is 7.92. The minimum absolute atomic E-state index is 0.0847. The van der Waals surface area contributed by atoms with E-state index in [1.165, 1.54) is 19.2 Å². The molecule has 2 N–H and O–H groups in total. The third-order valence-electron chi connectivity index (χ3n) is 2.59. The van der Waals surface area contributed by atoms with E-state index in [-0.39, 0.29) is 11.4 Å². The molecule has 0 unspecified atom stereocenters. The average molecular weight is 243 g/mol. The van der Waals surface area contributed by atoms with Gasteiger partial charge in [-0.25, -0.2) is 8.42 Å². The van der Waals surface area contributed by atoms with E-state index >= 15 is 0 Å². The number of hydrogen-bond donors (Lipinski definition) is 1. The Kier molecular flexibility index (Phi) is 3.60. The first-order chi connectivity index (χ1) is 7.35. The van der Waals surface area contributed by atoms with Crippen LogP contribution < -0.4 is 10.5 Å². The van der Waals surface area contributed by atoms with Crippen LogP contribution in [0.2, 0.25) is 0 Å². The molecule has 0 heterocycles. The first-order valence-electron chi connectivity index (χ1n) is 4.94. The molecule has 0 aliphatic carbocycles. The van der Waals surface area contributed by atoms with Crippen molar-refractivity contribution >= 4 is 9.84 Å². The fourth-order valence-electron chi connectivity index (χ4n) is 1.18. The molecular formula is C11H17NO3S. The highest BCUT2D eigenvalue weighted by Crippen LogP contribution is 2.25. The van der Waals surface area contributed by atoms with E-state index in [1.54, 1.807) is 26.0 Å². The van der Waals surface area contributed by atoms with Gasteiger partial charge >= 0.3 is 0 Å². The number of methoxy groups -OCH3 is 1. The van der Waals surface area contributed by atoms with Gasteiger partial charge in [-0.2, -0.15) is 0 Å². The third kappa shape index (κ3) is 2.20. The average Bonchev–Trinajstić information content (AvgIpc) is 2.29. The minimum Gasteiger partial charge on any atom is -0.497 e. The number of rotatable bonds is 4. The quantitative estimate of drug-likeness (QED) is 0.863. The second-order valence-electron chi connectivity index (χ2n) is 4.14. The molecule has 4 nitrogen and oxygen atoms in total. The summed E-state index contributed by atoms with van der Waals surface area (Å²) < 4.78 is 28.3. The Bertz CT molecular complexity index is 449. The summed E-state index contributed by atoms with van der Waals surface area (Å²) in [6.07, 6.45) is 0. The molecule has 0 atom stereocenters. The molecule has 1 aromatic rings. The molecule has 1 aromatic carbocycles. The lowest BCUT2D eigenvalue weighted by Crippen LogP contribution is -2.39. The zero-order valence-electron chi connectivity index (χ0n) is 9.73. The normalized spacial score (nSPS) is 12.5. The van der Waals surface area contributed by atoms with Crippen LogP contribution in [0.1, 0.15) is 13.8 Å². The van der Waals surface area contributed by atoms with Gasteiger partial charge in [0, 0.05) is 6.54 Å². The van der Waals surface area contributed by atoms with E-state index < -0.39 is 14.6 Å². The van der Waals surface area contributed by atoms with Crippen molar-refractivity contribution < 1.29 is 13.2 Å². The van der Waals surface area contributed by atoms with E-state index in [1.807, 2.05) is 0 Å². The number of hydrogen-bond acceptors (Lipinski definition) is 4. The summed E-state index contributed by atoms with van der Waals surface area (Å²) in [5.74, 6) is 0.629. The maximum Gasteiger partial charge on any atom is 0.184 e. The molecule has 0 saturated carbocycles. The van der Waals surface area contributed by atoms with E-state index in [2.05, 4.69) is 0 Å². The van der Waals surface area contributed by atoms with Gasteiger partial charge in [0.1, 0.15) is 5.75 Å². The monoisotopic (exact) mass is 243 g/mol. The van der Waals surface area contributed by atoms with Gasteiger partial charge in [0.05, 0.1) is 16.8 Å². The number of ether oxygens (including phenoxy) is 1. The van der Waals surface area contributed by atoms with Crippen LogP contribution in [-0.4, -0.2) is 26.8 Å². The standard InChI is InChI=1S/C11H17NO3S/c1-11(2,8-12)16(13,14)10-6-4-9(15-3)5-7-10/h4-7H,8,12H2,1-3H3. The van der Waals surface area contributed by atoms with Crippen molar-refractivity contribution in [2.24, 2.45) is 5.73 Å². The molecule has 0 saturated heterocycles. The second-order valence-corrected chi connectivity index (χ2v) is 6.73. The van der Waals surface area contributed by atoms with E-state index in [0.29, 0.717) is 5.75 Å². The molecule has 0 aromatic heterocycles. The van der Waals surface area contributed by atoms with Crippen molar-refractivity contribution in [3.63, 3.8) is 0 Å². The molecule has 0 aliphatic rings. The summed E-state index contributed by atoms with van der Waals surface area (Å²) in [5, 5.41) is 0. The minimum atomic E-state index is -3.39. The van der Waals surface area contributed by atoms with Crippen LogP contribution in [0.3, 0.4) is 0 Å². The summed E-state index contributed by atoms with van der Waals surface area (Å²) in [6.45, 7) is 3.32. The summed E-state index contributed by atoms with van der Waals surface area (Å²) >= 11 is 0. The van der Waals surface area contributed by atoms with Crippen LogP contribution in [0.25, 0.3) is 0 Å². The number of sulfone groups is 1. The molecule has 0 fully saturated rings. The van der Waals surface area contributed by atoms with Crippen molar-refractivity contribution in [2.45, 2.75) is 23.5 Å². The van der Waals surface area contributed by atoms with Gasteiger partial charge in [-0.05, 0) is 38.1 Å². The first-order valence-corrected chi connectivity index (χ1v) is 6.42. The summed E-state index contributed by atoms with van der Waals surface area (Å²) in [6, 6.07) is 6.32. The smallest absolute Gasteiger partial charge is 0.184 e. The van der Waals surface area contributed by atoms with Gasteiger partial charge in [0.15, 0.2) is 9.84 Å². The predicted octanol–water partition coefficient (Wildman–Crippen LogP) is 1.21. The SMILES string of the molecule is COc1ccc(S(=O)(=O)C(C)(C)CN)cc1. The predicted molar refractivity (Wildman–Crippen MR) is 63.3 cm³/mol. The van der Waals surface area contributed by atoms with E-state index in [4.69, 9.17) is 10.5 Å². The highest BCUT2D eigenvalue weighted by Gasteiger charge is 2.34. The van der Waals surface area contributed by atoms with Crippen molar-refractivity contribution in [2.75, 3.05) is 13.7 Å². The lowest BCUT2D eigenvalue weighted by atomic mass is 10.2. The molecule has 5 heteroatoms. The van der Waals surface area contributed by atoms with Gasteiger partial charge in [-0.1, -0.05) is 0 Å². The zero-order valence-corrected chi connectivity index (χ0v) is 10.5. The van der Waals surface area contributed by atoms with Crippen LogP contribution in [0.5, 0.6) is 5.75 Å². The molecule has 0 amide bonds. The molecule has 0 aliphatic heterocycles. The Labute approximate surface area is 96.3 Å². The second kappa shape index (κ2) is 4.43. The van der Waals surface area contributed by atoms with Crippen molar-refractivity contribution in [3.8, 4) is 5.75 Å². The highest BCUT2D eigenvalue weighted by atomic mass is 32.2. The van der Waals surface area contributed by atoms with Crippen LogP contribution in [-0.2, 0) is 9.84 Å². The van der Waals surface area contributed by atoms with Crippen molar-refractivity contribution in [3.05, 3.63) is 24.3 Å². The topological polar surface area (TPSA) is 69.4 Å². The third-order valence-corrected chi connectivity index (χ3v) is 5.10. The Morgan fingerprint density at radius 1 is 1.25 bits per heavy atom. The summed E-state index contributed by atoms with van der Waals surface area (Å²) in [4.78, 5) is 0.267. The molecular weight excluding hydrogens is 226 g/mol. The van der Waals surface area contributed by atoms with Gasteiger partial charge in [0.25, 0.3) is 0 Å². The number of nitrogens with two attached hydrogens (primary N) is 1. The van der Waals surface area contributed by atoms with Crippen LogP contribution in [0.15, 0.2) is 29.2 Å². The Morgan fingerprint density at radius 3 is 2.12 bits per heavy atom. The maximum absolute atomic E-state index is 12.2. The first kappa shape index (κ1) is 13.0. The van der Waals surface area contributed by atoms with Crippen LogP contribution in [0.4, 0.5) is 0 Å². The lowest BCUT2D eigenvalue weighted by Gasteiger charge is -2.22. The fourth-order valence-corrected chi connectivity index (χ4v) is 2.54. The maximum atomic E-state index is 12.2. The van der Waals surface area contributed by atoms with Gasteiger partial charge < -0.3 is 10.5 Å². The Morgan fingerprint density at radius 2 is 1.75 bits per heavy atom. The molecule has 0 bridgehead atoms. The molecule has 16 heavy (non-hydrogen) atoms. The van der Waals surface area contributed by atoms with Crippen LogP contribution in [0, 0.1) is 0 Å². The van der Waals surface area contributed by atoms with E-state index in [0.717, 1.165) is 0 Å². The zero-order chi connectivity index (χ0) is 12.4. The molecule has 0 spiro atoms. The van der Waals surface area contributed by atoms with Gasteiger partial charge in [0.2, 0.25) is 0 Å². The van der Waals surface area contributed by atoms with Crippen molar-refractivity contribution in [1.29, 1.82) is 0 Å². The van der Waals surface area contributed by atoms with Gasteiger partial charge in [-0.15, -0.1) is 0 Å². The Hall–Kier alpha value is -1.07. The van der Waals surface area contributed by atoms with Gasteiger partial charge in [-0.3, -0.25) is 0 Å². The van der Waals surface area contributed by atoms with E-state index in [9.17, 15) is 8.42 Å². The molecule has 1 rings (SSSR count). The van der Waals surface area contributed by atoms with Crippen molar-refractivity contribution in [1.82, 2.24) is 0 Å². The lowest BCUT2D eigenvalue weighted by molar-refractivity contribution is 0.414. The van der Waals surface area contributed by atoms with Crippen LogP contribution >= 0.6 is 0 Å². The molecule has 0 radical (unpaired) electrons. The summed E-state index contributed by atoms with van der Waals surface area (Å²) in [7, 11) is -1.86.